The summed E-state index contributed by atoms with van der Waals surface area (Å²) in [5.41, 5.74) is 0.871. The summed E-state index contributed by atoms with van der Waals surface area (Å²) in [5, 5.41) is 14.4. The van der Waals surface area contributed by atoms with Crippen LogP contribution in [0.3, 0.4) is 0 Å². The molecule has 3 heterocycles. The molecular formula is C23H34Cl2N4O3. The molecule has 2 N–H and O–H groups in total. The fourth-order valence-corrected chi connectivity index (χ4v) is 5.73. The van der Waals surface area contributed by atoms with Gasteiger partial charge in [-0.05, 0) is 50.2 Å². The number of carbonyl (C=O) groups excluding carboxylic acids is 1. The van der Waals surface area contributed by atoms with Crippen molar-refractivity contribution in [2.24, 2.45) is 0 Å². The molecule has 3 saturated heterocycles. The van der Waals surface area contributed by atoms with E-state index in [0.29, 0.717) is 55.9 Å². The lowest BCUT2D eigenvalue weighted by Crippen LogP contribution is -2.72. The average Bonchev–Trinajstić information content (AvgIpc) is 3.31. The van der Waals surface area contributed by atoms with Crippen molar-refractivity contribution in [2.75, 3.05) is 52.5 Å². The number of β-amino-alcohol motifs (C(OH)–C–C–N with tert-alkyl or cyclic N) is 1. The summed E-state index contributed by atoms with van der Waals surface area (Å²) in [6.45, 7) is 7.89. The fraction of sp³-hybridized carbons (Fsp3) is 0.696. The monoisotopic (exact) mass is 484 g/mol. The Labute approximate surface area is 200 Å². The van der Waals surface area contributed by atoms with Crippen molar-refractivity contribution in [3.63, 3.8) is 0 Å². The Morgan fingerprint density at radius 2 is 1.91 bits per heavy atom. The van der Waals surface area contributed by atoms with Gasteiger partial charge in [0, 0.05) is 19.6 Å². The lowest BCUT2D eigenvalue weighted by Gasteiger charge is -2.54. The second-order valence-corrected chi connectivity index (χ2v) is 9.80. The van der Waals surface area contributed by atoms with E-state index in [1.807, 2.05) is 13.0 Å². The number of fused-ring (bicyclic) bond motifs is 1. The van der Waals surface area contributed by atoms with Gasteiger partial charge in [-0.1, -0.05) is 36.2 Å². The summed E-state index contributed by atoms with van der Waals surface area (Å²) >= 11 is 12.2. The zero-order valence-electron chi connectivity index (χ0n) is 18.7. The first-order chi connectivity index (χ1) is 15.5. The van der Waals surface area contributed by atoms with Crippen LogP contribution in [0.4, 0.5) is 0 Å². The van der Waals surface area contributed by atoms with Gasteiger partial charge in [-0.3, -0.25) is 19.9 Å². The minimum absolute atomic E-state index is 0.0414. The van der Waals surface area contributed by atoms with Gasteiger partial charge in [0.15, 0.2) is 0 Å². The molecule has 3 fully saturated rings. The van der Waals surface area contributed by atoms with E-state index in [1.165, 1.54) is 12.8 Å². The molecule has 4 rings (SSSR count). The Hall–Kier alpha value is -0.930. The first-order valence-electron chi connectivity index (χ1n) is 11.7. The predicted octanol–water partition coefficient (Wildman–Crippen LogP) is 1.84. The molecule has 0 aromatic heterocycles. The van der Waals surface area contributed by atoms with Gasteiger partial charge in [0.05, 0.1) is 47.8 Å². The van der Waals surface area contributed by atoms with E-state index >= 15 is 0 Å². The molecule has 9 heteroatoms. The third-order valence-corrected chi connectivity index (χ3v) is 7.68. The summed E-state index contributed by atoms with van der Waals surface area (Å²) < 4.78 is 6.06. The number of halogens is 2. The van der Waals surface area contributed by atoms with Gasteiger partial charge in [0.2, 0.25) is 5.91 Å². The van der Waals surface area contributed by atoms with Gasteiger partial charge in [-0.15, -0.1) is 0 Å². The minimum atomic E-state index is -0.591. The highest BCUT2D eigenvalue weighted by molar-refractivity contribution is 6.42. The lowest BCUT2D eigenvalue weighted by atomic mass is 9.90. The number of hydrogen-bond donors (Lipinski definition) is 2. The van der Waals surface area contributed by atoms with Crippen LogP contribution in [0.1, 0.15) is 25.3 Å². The maximum absolute atomic E-state index is 13.5. The molecule has 7 nitrogen and oxygen atoms in total. The van der Waals surface area contributed by atoms with E-state index in [1.54, 1.807) is 12.1 Å². The van der Waals surface area contributed by atoms with Gasteiger partial charge in [-0.25, -0.2) is 0 Å². The first kappa shape index (κ1) is 24.2. The number of nitrogens with zero attached hydrogens (tertiary/aromatic N) is 3. The molecule has 1 aromatic rings. The maximum Gasteiger partial charge on any atom is 0.227 e. The molecule has 0 radical (unpaired) electrons. The van der Waals surface area contributed by atoms with Crippen molar-refractivity contribution >= 4 is 29.1 Å². The molecule has 0 bridgehead atoms. The van der Waals surface area contributed by atoms with Crippen molar-refractivity contribution in [1.82, 2.24) is 20.0 Å². The number of hydrogen-bond acceptors (Lipinski definition) is 6. The van der Waals surface area contributed by atoms with E-state index in [0.717, 1.165) is 18.7 Å². The second kappa shape index (κ2) is 11.0. The van der Waals surface area contributed by atoms with Crippen LogP contribution < -0.4 is 5.32 Å². The second-order valence-electron chi connectivity index (χ2n) is 8.99. The molecule has 178 valence electrons. The minimum Gasteiger partial charge on any atom is -0.378 e. The summed E-state index contributed by atoms with van der Waals surface area (Å²) in [6.07, 6.45) is 2.08. The van der Waals surface area contributed by atoms with E-state index in [-0.39, 0.29) is 24.0 Å². The van der Waals surface area contributed by atoms with Crippen LogP contribution in [0.2, 0.25) is 10.0 Å². The van der Waals surface area contributed by atoms with Crippen LogP contribution in [-0.4, -0.2) is 103 Å². The molecule has 0 aliphatic carbocycles. The van der Waals surface area contributed by atoms with Gasteiger partial charge in [-0.2, -0.15) is 0 Å². The van der Waals surface area contributed by atoms with Gasteiger partial charge in [0.25, 0.3) is 0 Å². The number of ether oxygens (including phenoxy) is 1. The largest absolute Gasteiger partial charge is 0.378 e. The smallest absolute Gasteiger partial charge is 0.227 e. The molecular weight excluding hydrogens is 451 g/mol. The quantitative estimate of drug-likeness (QED) is 0.575. The van der Waals surface area contributed by atoms with Crippen molar-refractivity contribution < 1.29 is 14.6 Å². The molecule has 0 spiro atoms. The molecule has 3 aliphatic rings. The summed E-state index contributed by atoms with van der Waals surface area (Å²) in [4.78, 5) is 20.4. The van der Waals surface area contributed by atoms with E-state index in [4.69, 9.17) is 27.9 Å². The number of benzene rings is 1. The van der Waals surface area contributed by atoms with Gasteiger partial charge >= 0.3 is 0 Å². The van der Waals surface area contributed by atoms with Crippen molar-refractivity contribution in [2.45, 2.75) is 50.5 Å². The Bertz CT molecular complexity index is 793. The molecule has 3 aliphatic heterocycles. The number of carbonyl (C=O) groups is 1. The topological polar surface area (TPSA) is 68.3 Å². The average molecular weight is 485 g/mol. The van der Waals surface area contributed by atoms with Crippen LogP contribution >= 0.6 is 23.2 Å². The van der Waals surface area contributed by atoms with Gasteiger partial charge < -0.3 is 14.7 Å². The van der Waals surface area contributed by atoms with Crippen molar-refractivity contribution in [3.05, 3.63) is 33.8 Å². The van der Waals surface area contributed by atoms with Crippen LogP contribution in [-0.2, 0) is 16.0 Å². The highest BCUT2D eigenvalue weighted by Crippen LogP contribution is 2.30. The number of amides is 1. The van der Waals surface area contributed by atoms with E-state index < -0.39 is 6.23 Å². The highest BCUT2D eigenvalue weighted by Gasteiger charge is 2.48. The van der Waals surface area contributed by atoms with Crippen molar-refractivity contribution in [1.29, 1.82) is 0 Å². The highest BCUT2D eigenvalue weighted by atomic mass is 35.5. The SMILES string of the molecule is CCNC(O)CN1CCN(C(=O)Cc2ccc(Cl)c(Cl)c2)[C@H]2C1COC[C@@H]2N1CCCC1. The van der Waals surface area contributed by atoms with Crippen LogP contribution in [0.5, 0.6) is 0 Å². The summed E-state index contributed by atoms with van der Waals surface area (Å²) in [5.74, 6) is 0.108. The maximum atomic E-state index is 13.5. The predicted molar refractivity (Wildman–Crippen MR) is 126 cm³/mol. The molecule has 2 unspecified atom stereocenters. The normalized spacial score (nSPS) is 28.0. The van der Waals surface area contributed by atoms with E-state index in [9.17, 15) is 9.90 Å². The summed E-state index contributed by atoms with van der Waals surface area (Å²) in [7, 11) is 0. The Kier molecular flexibility index (Phi) is 8.32. The fourth-order valence-electron chi connectivity index (χ4n) is 5.41. The zero-order chi connectivity index (χ0) is 22.7. The molecule has 32 heavy (non-hydrogen) atoms. The third-order valence-electron chi connectivity index (χ3n) is 6.94. The summed E-state index contributed by atoms with van der Waals surface area (Å²) in [6, 6.07) is 5.68. The molecule has 4 atom stereocenters. The number of rotatable bonds is 7. The van der Waals surface area contributed by atoms with Crippen LogP contribution in [0.15, 0.2) is 18.2 Å². The van der Waals surface area contributed by atoms with Crippen molar-refractivity contribution in [3.8, 4) is 0 Å². The number of aliphatic hydroxyl groups is 1. The molecule has 1 amide bonds. The lowest BCUT2D eigenvalue weighted by molar-refractivity contribution is -0.154. The molecule has 0 saturated carbocycles. The number of likely N-dealkylation sites (N-methyl/N-ethyl adjacent to an activating group) is 1. The van der Waals surface area contributed by atoms with Gasteiger partial charge in [0.1, 0.15) is 6.23 Å². The Morgan fingerprint density at radius 1 is 1.16 bits per heavy atom. The first-order valence-corrected chi connectivity index (χ1v) is 12.4. The number of nitrogens with one attached hydrogen (secondary N) is 1. The number of aliphatic hydroxyl groups excluding tert-OH is 1. The Balaban J connectivity index is 1.55. The van der Waals surface area contributed by atoms with Crippen LogP contribution in [0.25, 0.3) is 0 Å². The standard InChI is InChI=1S/C23H34Cl2N4O3/c1-2-26-21(30)13-28-9-10-29(22(31)12-16-5-6-17(24)18(25)11-16)23-19(14-32-15-20(23)28)27-7-3-4-8-27/h5-6,11,19-21,23,26,30H,2-4,7-10,12-15H2,1H3/t19-,20?,21?,23+/m0/s1. The van der Waals surface area contributed by atoms with Crippen LogP contribution in [0, 0.1) is 0 Å². The van der Waals surface area contributed by atoms with E-state index in [2.05, 4.69) is 20.0 Å². The zero-order valence-corrected chi connectivity index (χ0v) is 20.2. The number of likely N-dealkylation sites (tertiary alicyclic amines) is 1. The Morgan fingerprint density at radius 3 is 2.62 bits per heavy atom. The molecule has 1 aromatic carbocycles. The number of piperazine rings is 1. The third kappa shape index (κ3) is 5.41.